The first-order valence-corrected chi connectivity index (χ1v) is 10.4. The summed E-state index contributed by atoms with van der Waals surface area (Å²) in [6.07, 6.45) is 0. The summed E-state index contributed by atoms with van der Waals surface area (Å²) in [6, 6.07) is 9.56. The lowest BCUT2D eigenvalue weighted by Crippen LogP contribution is -2.42. The number of carbonyl (C=O) groups is 1. The van der Waals surface area contributed by atoms with E-state index in [0.717, 1.165) is 10.1 Å². The minimum atomic E-state index is -0.650. The Morgan fingerprint density at radius 2 is 1.86 bits per heavy atom. The normalized spacial score (nSPS) is 11.5. The number of nitrogens with zero attached hydrogens (tertiary/aromatic N) is 2. The van der Waals surface area contributed by atoms with E-state index in [1.54, 1.807) is 0 Å². The van der Waals surface area contributed by atoms with E-state index in [1.165, 1.54) is 20.8 Å². The molecule has 0 aliphatic heterocycles. The Hall–Kier alpha value is -2.87. The molecule has 2 heterocycles. The molecular weight excluding hydrogens is 388 g/mol. The van der Waals surface area contributed by atoms with Gasteiger partial charge in [-0.15, -0.1) is 11.3 Å². The van der Waals surface area contributed by atoms with Crippen molar-refractivity contribution in [1.29, 1.82) is 0 Å². The third-order valence-electron chi connectivity index (χ3n) is 4.46. The Kier molecular flexibility index (Phi) is 5.93. The van der Waals surface area contributed by atoms with Crippen LogP contribution in [0.1, 0.15) is 37.4 Å². The van der Waals surface area contributed by atoms with Gasteiger partial charge in [-0.1, -0.05) is 45.9 Å². The molecule has 0 atom stereocenters. The highest BCUT2D eigenvalue weighted by Crippen LogP contribution is 2.29. The van der Waals surface area contributed by atoms with Gasteiger partial charge in [-0.05, 0) is 29.4 Å². The van der Waals surface area contributed by atoms with Crippen LogP contribution in [0.2, 0.25) is 0 Å². The predicted octanol–water partition coefficient (Wildman–Crippen LogP) is 3.29. The average molecular weight is 415 g/mol. The number of thiophene rings is 1. The molecule has 2 aromatic heterocycles. The molecule has 3 N–H and O–H groups in total. The lowest BCUT2D eigenvalue weighted by molar-refractivity contribution is 0.0987. The molecule has 8 heteroatoms. The van der Waals surface area contributed by atoms with Crippen LogP contribution in [0.25, 0.3) is 10.1 Å². The van der Waals surface area contributed by atoms with Gasteiger partial charge in [0.1, 0.15) is 5.82 Å². The van der Waals surface area contributed by atoms with Crippen LogP contribution in [-0.4, -0.2) is 22.0 Å². The van der Waals surface area contributed by atoms with Gasteiger partial charge >= 0.3 is 5.69 Å². The maximum atomic E-state index is 13.4. The highest BCUT2D eigenvalue weighted by Gasteiger charge is 2.27. The molecule has 0 fully saturated rings. The van der Waals surface area contributed by atoms with Gasteiger partial charge in [0, 0.05) is 17.8 Å². The summed E-state index contributed by atoms with van der Waals surface area (Å²) < 4.78 is 2.32. The Morgan fingerprint density at radius 3 is 2.48 bits per heavy atom. The third kappa shape index (κ3) is 4.27. The summed E-state index contributed by atoms with van der Waals surface area (Å²) >= 11 is 1.37. The number of aromatic amines is 1. The summed E-state index contributed by atoms with van der Waals surface area (Å²) in [5, 5.41) is 0.969. The van der Waals surface area contributed by atoms with Crippen molar-refractivity contribution in [2.45, 2.75) is 34.2 Å². The molecule has 29 heavy (non-hydrogen) atoms. The van der Waals surface area contributed by atoms with Crippen LogP contribution in [0.4, 0.5) is 11.5 Å². The molecule has 3 rings (SSSR count). The van der Waals surface area contributed by atoms with Crippen molar-refractivity contribution < 1.29 is 4.79 Å². The van der Waals surface area contributed by atoms with Gasteiger partial charge in [0.25, 0.3) is 11.5 Å². The van der Waals surface area contributed by atoms with Crippen LogP contribution in [0, 0.1) is 11.8 Å². The van der Waals surface area contributed by atoms with E-state index in [-0.39, 0.29) is 29.2 Å². The van der Waals surface area contributed by atoms with Crippen LogP contribution in [0.5, 0.6) is 0 Å². The smallest absolute Gasteiger partial charge is 0.330 e. The van der Waals surface area contributed by atoms with E-state index in [1.807, 2.05) is 58.0 Å². The highest BCUT2D eigenvalue weighted by atomic mass is 32.1. The predicted molar refractivity (Wildman–Crippen MR) is 119 cm³/mol. The zero-order valence-corrected chi connectivity index (χ0v) is 17.9. The molecule has 0 spiro atoms. The van der Waals surface area contributed by atoms with Gasteiger partial charge in [0.15, 0.2) is 5.69 Å². The maximum absolute atomic E-state index is 13.4. The summed E-state index contributed by atoms with van der Waals surface area (Å²) in [7, 11) is 0. The van der Waals surface area contributed by atoms with E-state index in [9.17, 15) is 14.4 Å². The number of nitrogens with one attached hydrogen (secondary N) is 1. The van der Waals surface area contributed by atoms with Crippen LogP contribution in [-0.2, 0) is 6.54 Å². The number of benzene rings is 1. The second kappa shape index (κ2) is 8.24. The summed E-state index contributed by atoms with van der Waals surface area (Å²) in [5.74, 6) is -0.0439. The first kappa shape index (κ1) is 20.9. The fraction of sp³-hybridized carbons (Fsp3) is 0.381. The minimum Gasteiger partial charge on any atom is -0.383 e. The number of hydrogen-bond acceptors (Lipinski definition) is 5. The van der Waals surface area contributed by atoms with Crippen molar-refractivity contribution in [3.8, 4) is 0 Å². The maximum Gasteiger partial charge on any atom is 0.330 e. The van der Waals surface area contributed by atoms with Crippen LogP contribution in [0.3, 0.4) is 0 Å². The second-order valence-corrected chi connectivity index (χ2v) is 9.04. The number of H-pyrrole nitrogens is 1. The molecule has 3 aromatic rings. The highest BCUT2D eigenvalue weighted by molar-refractivity contribution is 7.20. The first-order valence-electron chi connectivity index (χ1n) is 9.62. The molecule has 0 aliphatic carbocycles. The lowest BCUT2D eigenvalue weighted by atomic mass is 10.1. The van der Waals surface area contributed by atoms with E-state index >= 15 is 0 Å². The molecular formula is C21H26N4O3S. The number of amides is 1. The molecule has 0 aliphatic rings. The van der Waals surface area contributed by atoms with E-state index in [0.29, 0.717) is 18.0 Å². The number of aromatic nitrogens is 2. The molecule has 1 amide bonds. The Morgan fingerprint density at radius 1 is 1.17 bits per heavy atom. The Bertz CT molecular complexity index is 1120. The van der Waals surface area contributed by atoms with Gasteiger partial charge in [0.05, 0.1) is 4.88 Å². The summed E-state index contributed by atoms with van der Waals surface area (Å²) in [4.78, 5) is 42.6. The fourth-order valence-corrected chi connectivity index (χ4v) is 4.26. The first-order chi connectivity index (χ1) is 13.7. The topological polar surface area (TPSA) is 101 Å². The lowest BCUT2D eigenvalue weighted by Gasteiger charge is -2.26. The quantitative estimate of drug-likeness (QED) is 0.646. The largest absolute Gasteiger partial charge is 0.383 e. The second-order valence-electron chi connectivity index (χ2n) is 7.96. The number of fused-ring (bicyclic) bond motifs is 1. The number of nitrogen functional groups attached to an aromatic ring is 1. The molecule has 0 bridgehead atoms. The number of rotatable bonds is 6. The van der Waals surface area contributed by atoms with Crippen molar-refractivity contribution in [2.24, 2.45) is 11.8 Å². The third-order valence-corrected chi connectivity index (χ3v) is 5.57. The minimum absolute atomic E-state index is 0.0163. The zero-order valence-electron chi connectivity index (χ0n) is 17.1. The van der Waals surface area contributed by atoms with Gasteiger partial charge < -0.3 is 5.73 Å². The van der Waals surface area contributed by atoms with Crippen molar-refractivity contribution >= 4 is 38.8 Å². The average Bonchev–Trinajstić information content (AvgIpc) is 3.07. The molecule has 7 nitrogen and oxygen atoms in total. The number of nitrogens with two attached hydrogens (primary N) is 1. The van der Waals surface area contributed by atoms with E-state index in [2.05, 4.69) is 4.98 Å². The molecule has 0 saturated carbocycles. The zero-order chi connectivity index (χ0) is 21.3. The van der Waals surface area contributed by atoms with Crippen molar-refractivity contribution in [3.05, 3.63) is 56.0 Å². The molecule has 0 unspecified atom stereocenters. The standard InChI is InChI=1S/C21H26N4O3S/c1-12(2)10-24(20(27)16-9-14-7-5-6-8-15(14)29-16)17-18(22)25(11-13(3)4)21(28)23-19(17)26/h5-9,12-13H,10-11,22H2,1-4H3,(H,23,26,28). The summed E-state index contributed by atoms with van der Waals surface area (Å²) in [5.41, 5.74) is 5.07. The fourth-order valence-electron chi connectivity index (χ4n) is 3.25. The van der Waals surface area contributed by atoms with Crippen LogP contribution < -0.4 is 21.9 Å². The van der Waals surface area contributed by atoms with Crippen LogP contribution >= 0.6 is 11.3 Å². The molecule has 0 saturated heterocycles. The Labute approximate surface area is 172 Å². The summed E-state index contributed by atoms with van der Waals surface area (Å²) in [6.45, 7) is 8.47. The Balaban J connectivity index is 2.15. The van der Waals surface area contributed by atoms with Gasteiger partial charge in [-0.25, -0.2) is 4.79 Å². The van der Waals surface area contributed by atoms with E-state index in [4.69, 9.17) is 5.73 Å². The number of anilines is 2. The van der Waals surface area contributed by atoms with Crippen molar-refractivity contribution in [3.63, 3.8) is 0 Å². The van der Waals surface area contributed by atoms with Crippen molar-refractivity contribution in [1.82, 2.24) is 9.55 Å². The van der Waals surface area contributed by atoms with Gasteiger partial charge in [0.2, 0.25) is 0 Å². The SMILES string of the molecule is CC(C)CN(C(=O)c1cc2ccccc2s1)c1c(N)n(CC(C)C)c(=O)[nH]c1=O. The molecule has 0 radical (unpaired) electrons. The molecule has 154 valence electrons. The van der Waals surface area contributed by atoms with Crippen molar-refractivity contribution in [2.75, 3.05) is 17.2 Å². The van der Waals surface area contributed by atoms with Gasteiger partial charge in [-0.3, -0.25) is 24.0 Å². The van der Waals surface area contributed by atoms with Gasteiger partial charge in [-0.2, -0.15) is 0 Å². The molecule has 1 aromatic carbocycles. The van der Waals surface area contributed by atoms with Crippen LogP contribution in [0.15, 0.2) is 39.9 Å². The monoisotopic (exact) mass is 414 g/mol. The number of carbonyl (C=O) groups excluding carboxylic acids is 1. The number of hydrogen-bond donors (Lipinski definition) is 2. The van der Waals surface area contributed by atoms with E-state index < -0.39 is 11.2 Å².